The van der Waals surface area contributed by atoms with Gasteiger partial charge in [0.05, 0.1) is 12.6 Å². The van der Waals surface area contributed by atoms with Crippen molar-refractivity contribution in [3.05, 3.63) is 53.9 Å². The number of aromatic nitrogens is 2. The molecule has 1 saturated heterocycles. The number of hydrogen-bond donors (Lipinski definition) is 1. The molecular formula is C20H27N5O. The largest absolute Gasteiger partial charge is 0.348 e. The number of piperazine rings is 1. The number of nitrogens with one attached hydrogen (secondary N) is 1. The molecule has 1 fully saturated rings. The number of hydrogen-bond acceptors (Lipinski definition) is 5. The van der Waals surface area contributed by atoms with E-state index >= 15 is 0 Å². The zero-order valence-corrected chi connectivity index (χ0v) is 15.6. The molecule has 0 saturated carbocycles. The average molecular weight is 353 g/mol. The Hall–Kier alpha value is -2.47. The molecule has 1 aromatic heterocycles. The summed E-state index contributed by atoms with van der Waals surface area (Å²) in [5.41, 5.74) is 2.45. The molecular weight excluding hydrogens is 326 g/mol. The Bertz CT molecular complexity index is 696. The van der Waals surface area contributed by atoms with Gasteiger partial charge >= 0.3 is 0 Å². The highest BCUT2D eigenvalue weighted by Gasteiger charge is 2.21. The minimum absolute atomic E-state index is 0.0208. The quantitative estimate of drug-likeness (QED) is 0.861. The molecule has 0 radical (unpaired) electrons. The third kappa shape index (κ3) is 4.79. The lowest BCUT2D eigenvalue weighted by Crippen LogP contribution is -2.50. The van der Waals surface area contributed by atoms with Crippen molar-refractivity contribution in [3.63, 3.8) is 0 Å². The molecule has 1 aliphatic rings. The van der Waals surface area contributed by atoms with E-state index in [1.807, 2.05) is 13.0 Å². The van der Waals surface area contributed by atoms with Crippen LogP contribution < -0.4 is 10.2 Å². The normalized spacial score (nSPS) is 16.3. The molecule has 1 aliphatic heterocycles. The molecule has 2 aromatic rings. The molecule has 2 heterocycles. The lowest BCUT2D eigenvalue weighted by atomic mass is 10.1. The summed E-state index contributed by atoms with van der Waals surface area (Å²) in [6.45, 7) is 7.96. The van der Waals surface area contributed by atoms with Crippen molar-refractivity contribution in [2.45, 2.75) is 26.3 Å². The Kier molecular flexibility index (Phi) is 6.17. The van der Waals surface area contributed by atoms with Gasteiger partial charge in [0.2, 0.25) is 11.9 Å². The molecule has 1 aromatic carbocycles. The average Bonchev–Trinajstić information content (AvgIpc) is 2.69. The van der Waals surface area contributed by atoms with E-state index in [-0.39, 0.29) is 11.9 Å². The van der Waals surface area contributed by atoms with Crippen molar-refractivity contribution in [1.29, 1.82) is 0 Å². The van der Waals surface area contributed by atoms with Gasteiger partial charge in [-0.15, -0.1) is 0 Å². The first-order valence-electron chi connectivity index (χ1n) is 9.28. The predicted molar refractivity (Wildman–Crippen MR) is 103 cm³/mol. The first-order chi connectivity index (χ1) is 12.7. The number of benzene rings is 1. The topological polar surface area (TPSA) is 61.4 Å². The number of aryl methyl sites for hydroxylation is 1. The van der Waals surface area contributed by atoms with Gasteiger partial charge in [-0.25, -0.2) is 9.97 Å². The zero-order valence-electron chi connectivity index (χ0n) is 15.6. The fourth-order valence-corrected chi connectivity index (χ4v) is 3.18. The zero-order chi connectivity index (χ0) is 18.4. The van der Waals surface area contributed by atoms with E-state index in [9.17, 15) is 4.79 Å². The lowest BCUT2D eigenvalue weighted by Gasteiger charge is -2.34. The fraction of sp³-hybridized carbons (Fsp3) is 0.450. The Morgan fingerprint density at radius 1 is 1.12 bits per heavy atom. The number of nitrogens with zero attached hydrogens (tertiary/aromatic N) is 4. The number of carbonyl (C=O) groups excluding carboxylic acids is 1. The Balaban J connectivity index is 1.45. The maximum Gasteiger partial charge on any atom is 0.234 e. The molecule has 138 valence electrons. The van der Waals surface area contributed by atoms with Gasteiger partial charge < -0.3 is 10.2 Å². The van der Waals surface area contributed by atoms with Crippen LogP contribution in [0.2, 0.25) is 0 Å². The van der Waals surface area contributed by atoms with Crippen LogP contribution in [0.25, 0.3) is 0 Å². The number of anilines is 1. The molecule has 1 N–H and O–H groups in total. The SMILES string of the molecule is CCc1ccc([C@@H](C)NC(=O)CN2CCN(c3ncccn3)CC2)cc1. The Morgan fingerprint density at radius 3 is 2.38 bits per heavy atom. The van der Waals surface area contributed by atoms with Crippen LogP contribution in [-0.2, 0) is 11.2 Å². The van der Waals surface area contributed by atoms with Crippen LogP contribution in [-0.4, -0.2) is 53.5 Å². The van der Waals surface area contributed by atoms with Crippen LogP contribution in [0.15, 0.2) is 42.7 Å². The summed E-state index contributed by atoms with van der Waals surface area (Å²) in [6, 6.07) is 10.3. The van der Waals surface area contributed by atoms with Crippen molar-refractivity contribution in [2.24, 2.45) is 0 Å². The minimum Gasteiger partial charge on any atom is -0.348 e. The van der Waals surface area contributed by atoms with Crippen molar-refractivity contribution < 1.29 is 4.79 Å². The summed E-state index contributed by atoms with van der Waals surface area (Å²) >= 11 is 0. The van der Waals surface area contributed by atoms with Gasteiger partial charge in [0.1, 0.15) is 0 Å². The Labute approximate surface area is 155 Å². The molecule has 6 nitrogen and oxygen atoms in total. The fourth-order valence-electron chi connectivity index (χ4n) is 3.18. The van der Waals surface area contributed by atoms with Crippen LogP contribution in [0.3, 0.4) is 0 Å². The predicted octanol–water partition coefficient (Wildman–Crippen LogP) is 2.04. The summed E-state index contributed by atoms with van der Waals surface area (Å²) in [5.74, 6) is 0.835. The molecule has 26 heavy (non-hydrogen) atoms. The van der Waals surface area contributed by atoms with E-state index in [1.165, 1.54) is 5.56 Å². The summed E-state index contributed by atoms with van der Waals surface area (Å²) in [6.07, 6.45) is 4.55. The Morgan fingerprint density at radius 2 is 1.77 bits per heavy atom. The third-order valence-corrected chi connectivity index (χ3v) is 4.84. The monoisotopic (exact) mass is 353 g/mol. The van der Waals surface area contributed by atoms with Gasteiger partial charge in [0.25, 0.3) is 0 Å². The standard InChI is InChI=1S/C20H27N5O/c1-3-17-5-7-18(8-6-17)16(2)23-19(26)15-24-11-13-25(14-12-24)20-21-9-4-10-22-20/h4-10,16H,3,11-15H2,1-2H3,(H,23,26)/t16-/m1/s1. The molecule has 0 unspecified atom stereocenters. The van der Waals surface area contributed by atoms with Crippen molar-refractivity contribution in [3.8, 4) is 0 Å². The second-order valence-corrected chi connectivity index (χ2v) is 6.70. The summed E-state index contributed by atoms with van der Waals surface area (Å²) in [7, 11) is 0. The number of carbonyl (C=O) groups is 1. The van der Waals surface area contributed by atoms with Gasteiger partial charge in [-0.2, -0.15) is 0 Å². The minimum atomic E-state index is 0.0208. The van der Waals surface area contributed by atoms with Gasteiger partial charge in [-0.3, -0.25) is 9.69 Å². The van der Waals surface area contributed by atoms with Crippen LogP contribution >= 0.6 is 0 Å². The summed E-state index contributed by atoms with van der Waals surface area (Å²) in [5, 5.41) is 3.10. The third-order valence-electron chi connectivity index (χ3n) is 4.84. The van der Waals surface area contributed by atoms with Crippen LogP contribution in [0.5, 0.6) is 0 Å². The second-order valence-electron chi connectivity index (χ2n) is 6.70. The first-order valence-corrected chi connectivity index (χ1v) is 9.28. The second kappa shape index (κ2) is 8.76. The highest BCUT2D eigenvalue weighted by Crippen LogP contribution is 2.14. The smallest absolute Gasteiger partial charge is 0.234 e. The van der Waals surface area contributed by atoms with Crippen LogP contribution in [0, 0.1) is 0 Å². The highest BCUT2D eigenvalue weighted by atomic mass is 16.2. The van der Waals surface area contributed by atoms with E-state index in [1.54, 1.807) is 12.4 Å². The van der Waals surface area contributed by atoms with Crippen molar-refractivity contribution in [1.82, 2.24) is 20.2 Å². The molecule has 0 bridgehead atoms. The first kappa shape index (κ1) is 18.3. The van der Waals surface area contributed by atoms with Crippen molar-refractivity contribution >= 4 is 11.9 Å². The van der Waals surface area contributed by atoms with Crippen LogP contribution in [0.4, 0.5) is 5.95 Å². The number of amides is 1. The molecule has 0 spiro atoms. The number of rotatable bonds is 6. The van der Waals surface area contributed by atoms with Gasteiger partial charge in [-0.05, 0) is 30.5 Å². The summed E-state index contributed by atoms with van der Waals surface area (Å²) < 4.78 is 0. The van der Waals surface area contributed by atoms with Crippen LogP contribution in [0.1, 0.15) is 31.0 Å². The molecule has 6 heteroatoms. The maximum absolute atomic E-state index is 12.4. The molecule has 1 amide bonds. The van der Waals surface area contributed by atoms with E-state index in [4.69, 9.17) is 0 Å². The van der Waals surface area contributed by atoms with Gasteiger partial charge in [0, 0.05) is 38.6 Å². The molecule has 1 atom stereocenters. The van der Waals surface area contributed by atoms with E-state index < -0.39 is 0 Å². The lowest BCUT2D eigenvalue weighted by molar-refractivity contribution is -0.123. The van der Waals surface area contributed by atoms with Crippen molar-refractivity contribution in [2.75, 3.05) is 37.6 Å². The highest BCUT2D eigenvalue weighted by molar-refractivity contribution is 5.78. The van der Waals surface area contributed by atoms with Gasteiger partial charge in [0.15, 0.2) is 0 Å². The van der Waals surface area contributed by atoms with Gasteiger partial charge in [-0.1, -0.05) is 31.2 Å². The van der Waals surface area contributed by atoms with E-state index in [0.717, 1.165) is 44.1 Å². The van der Waals surface area contributed by atoms with E-state index in [0.29, 0.717) is 6.54 Å². The molecule has 0 aliphatic carbocycles. The summed E-state index contributed by atoms with van der Waals surface area (Å²) in [4.78, 5) is 25.3. The van der Waals surface area contributed by atoms with E-state index in [2.05, 4.69) is 56.3 Å². The maximum atomic E-state index is 12.4. The molecule has 3 rings (SSSR count).